The standard InChI is InChI=1S/C13H26N2O2/c1-5-15(6-2)13(9-12(16)17)7-8-14(10-13)11(3)4/h11H,5-10H2,1-4H3,(H,16,17). The van der Waals surface area contributed by atoms with Gasteiger partial charge in [-0.1, -0.05) is 13.8 Å². The second-order valence-electron chi connectivity index (χ2n) is 5.28. The van der Waals surface area contributed by atoms with Crippen LogP contribution in [0.3, 0.4) is 0 Å². The van der Waals surface area contributed by atoms with Gasteiger partial charge in [0.05, 0.1) is 6.42 Å². The third kappa shape index (κ3) is 3.19. The van der Waals surface area contributed by atoms with Gasteiger partial charge in [-0.2, -0.15) is 0 Å². The van der Waals surface area contributed by atoms with Crippen LogP contribution in [0.15, 0.2) is 0 Å². The van der Waals surface area contributed by atoms with Gasteiger partial charge < -0.3 is 5.11 Å². The maximum absolute atomic E-state index is 11.1. The van der Waals surface area contributed by atoms with E-state index in [9.17, 15) is 4.79 Å². The van der Waals surface area contributed by atoms with Crippen LogP contribution in [0.5, 0.6) is 0 Å². The molecule has 0 bridgehead atoms. The highest BCUT2D eigenvalue weighted by molar-refractivity contribution is 5.68. The number of rotatable bonds is 6. The van der Waals surface area contributed by atoms with E-state index in [1.807, 2.05) is 0 Å². The summed E-state index contributed by atoms with van der Waals surface area (Å²) in [6, 6.07) is 0.501. The molecule has 1 aliphatic heterocycles. The number of likely N-dealkylation sites (tertiary alicyclic amines) is 1. The Morgan fingerprint density at radius 2 is 2.00 bits per heavy atom. The maximum Gasteiger partial charge on any atom is 0.305 e. The average Bonchev–Trinajstić information content (AvgIpc) is 2.64. The normalized spacial score (nSPS) is 26.0. The van der Waals surface area contributed by atoms with Crippen LogP contribution in [0, 0.1) is 0 Å². The molecule has 0 saturated carbocycles. The summed E-state index contributed by atoms with van der Waals surface area (Å²) in [5.41, 5.74) is -0.153. The molecule has 100 valence electrons. The van der Waals surface area contributed by atoms with Crippen LogP contribution in [-0.2, 0) is 4.79 Å². The quantitative estimate of drug-likeness (QED) is 0.769. The first-order chi connectivity index (χ1) is 7.95. The molecule has 4 heteroatoms. The van der Waals surface area contributed by atoms with Gasteiger partial charge in [0.1, 0.15) is 0 Å². The van der Waals surface area contributed by atoms with Crippen LogP contribution >= 0.6 is 0 Å². The fraction of sp³-hybridized carbons (Fsp3) is 0.923. The smallest absolute Gasteiger partial charge is 0.305 e. The van der Waals surface area contributed by atoms with E-state index in [4.69, 9.17) is 5.11 Å². The largest absolute Gasteiger partial charge is 0.481 e. The van der Waals surface area contributed by atoms with Gasteiger partial charge in [0.25, 0.3) is 0 Å². The molecular formula is C13H26N2O2. The lowest BCUT2D eigenvalue weighted by Crippen LogP contribution is -2.52. The van der Waals surface area contributed by atoms with Crippen molar-refractivity contribution in [2.24, 2.45) is 0 Å². The highest BCUT2D eigenvalue weighted by atomic mass is 16.4. The second kappa shape index (κ2) is 5.83. The van der Waals surface area contributed by atoms with Gasteiger partial charge in [0.15, 0.2) is 0 Å². The van der Waals surface area contributed by atoms with E-state index in [0.717, 1.165) is 32.6 Å². The molecule has 0 aromatic rings. The van der Waals surface area contributed by atoms with Crippen LogP contribution in [0.1, 0.15) is 40.5 Å². The van der Waals surface area contributed by atoms with Crippen molar-refractivity contribution in [2.75, 3.05) is 26.2 Å². The van der Waals surface area contributed by atoms with Gasteiger partial charge in [-0.05, 0) is 33.4 Å². The Hall–Kier alpha value is -0.610. The van der Waals surface area contributed by atoms with Crippen LogP contribution in [0.4, 0.5) is 0 Å². The molecule has 0 spiro atoms. The van der Waals surface area contributed by atoms with Gasteiger partial charge in [-0.25, -0.2) is 0 Å². The zero-order valence-electron chi connectivity index (χ0n) is 11.6. The minimum atomic E-state index is -0.678. The van der Waals surface area contributed by atoms with E-state index < -0.39 is 5.97 Å². The van der Waals surface area contributed by atoms with E-state index >= 15 is 0 Å². The van der Waals surface area contributed by atoms with Crippen LogP contribution < -0.4 is 0 Å². The van der Waals surface area contributed by atoms with E-state index in [-0.39, 0.29) is 12.0 Å². The predicted molar refractivity (Wildman–Crippen MR) is 69.2 cm³/mol. The Bertz CT molecular complexity index is 264. The number of likely N-dealkylation sites (N-methyl/N-ethyl adjacent to an activating group) is 1. The molecule has 1 N–H and O–H groups in total. The molecule has 0 aromatic carbocycles. The summed E-state index contributed by atoms with van der Waals surface area (Å²) >= 11 is 0. The van der Waals surface area contributed by atoms with Gasteiger partial charge >= 0.3 is 5.97 Å². The second-order valence-corrected chi connectivity index (χ2v) is 5.28. The first-order valence-electron chi connectivity index (χ1n) is 6.66. The summed E-state index contributed by atoms with van der Waals surface area (Å²) in [4.78, 5) is 15.8. The molecular weight excluding hydrogens is 216 g/mol. The van der Waals surface area contributed by atoms with Crippen LogP contribution in [0.2, 0.25) is 0 Å². The summed E-state index contributed by atoms with van der Waals surface area (Å²) in [5, 5.41) is 9.16. The number of hydrogen-bond acceptors (Lipinski definition) is 3. The molecule has 0 aromatic heterocycles. The van der Waals surface area contributed by atoms with Gasteiger partial charge in [-0.15, -0.1) is 0 Å². The SMILES string of the molecule is CCN(CC)C1(CC(=O)O)CCN(C(C)C)C1. The lowest BCUT2D eigenvalue weighted by Gasteiger charge is -2.39. The van der Waals surface area contributed by atoms with Crippen molar-refractivity contribution >= 4 is 5.97 Å². The zero-order valence-corrected chi connectivity index (χ0v) is 11.6. The van der Waals surface area contributed by atoms with Gasteiger partial charge in [-0.3, -0.25) is 14.6 Å². The van der Waals surface area contributed by atoms with E-state index in [1.54, 1.807) is 0 Å². The van der Waals surface area contributed by atoms with Crippen molar-refractivity contribution < 1.29 is 9.90 Å². The molecule has 0 amide bonds. The topological polar surface area (TPSA) is 43.8 Å². The molecule has 0 aliphatic carbocycles. The third-order valence-electron chi connectivity index (χ3n) is 4.01. The Kier molecular flexibility index (Phi) is 4.95. The van der Waals surface area contributed by atoms with Crippen molar-refractivity contribution in [3.63, 3.8) is 0 Å². The Morgan fingerprint density at radius 3 is 2.35 bits per heavy atom. The van der Waals surface area contributed by atoms with Gasteiger partial charge in [0.2, 0.25) is 0 Å². The van der Waals surface area contributed by atoms with Crippen LogP contribution in [0.25, 0.3) is 0 Å². The number of carboxylic acid groups (broad SMARTS) is 1. The Morgan fingerprint density at radius 1 is 1.41 bits per heavy atom. The van der Waals surface area contributed by atoms with E-state index in [1.165, 1.54) is 0 Å². The zero-order chi connectivity index (χ0) is 13.1. The number of carboxylic acids is 1. The minimum Gasteiger partial charge on any atom is -0.481 e. The lowest BCUT2D eigenvalue weighted by molar-refractivity contribution is -0.140. The summed E-state index contributed by atoms with van der Waals surface area (Å²) in [7, 11) is 0. The Balaban J connectivity index is 2.85. The Labute approximate surface area is 105 Å². The molecule has 4 nitrogen and oxygen atoms in total. The molecule has 0 radical (unpaired) electrons. The molecule has 1 unspecified atom stereocenters. The highest BCUT2D eigenvalue weighted by Crippen LogP contribution is 2.32. The third-order valence-corrected chi connectivity index (χ3v) is 4.01. The fourth-order valence-electron chi connectivity index (χ4n) is 3.02. The van der Waals surface area contributed by atoms with Crippen molar-refractivity contribution in [2.45, 2.75) is 52.1 Å². The van der Waals surface area contributed by atoms with Crippen molar-refractivity contribution in [1.82, 2.24) is 9.80 Å². The number of aliphatic carboxylic acids is 1. The summed E-state index contributed by atoms with van der Waals surface area (Å²) in [5.74, 6) is -0.678. The molecule has 1 atom stereocenters. The predicted octanol–water partition coefficient (Wildman–Crippen LogP) is 1.66. The van der Waals surface area contributed by atoms with Crippen molar-refractivity contribution in [1.29, 1.82) is 0 Å². The van der Waals surface area contributed by atoms with E-state index in [2.05, 4.69) is 37.5 Å². The fourth-order valence-corrected chi connectivity index (χ4v) is 3.02. The lowest BCUT2D eigenvalue weighted by atomic mass is 9.91. The highest BCUT2D eigenvalue weighted by Gasteiger charge is 2.43. The number of hydrogen-bond donors (Lipinski definition) is 1. The summed E-state index contributed by atoms with van der Waals surface area (Å²) in [6.07, 6.45) is 1.23. The average molecular weight is 242 g/mol. The summed E-state index contributed by atoms with van der Waals surface area (Å²) in [6.45, 7) is 12.3. The van der Waals surface area contributed by atoms with Crippen LogP contribution in [-0.4, -0.2) is 58.6 Å². The minimum absolute atomic E-state index is 0.153. The van der Waals surface area contributed by atoms with Crippen molar-refractivity contribution in [3.8, 4) is 0 Å². The van der Waals surface area contributed by atoms with Gasteiger partial charge in [0, 0.05) is 24.7 Å². The molecule has 1 heterocycles. The summed E-state index contributed by atoms with van der Waals surface area (Å²) < 4.78 is 0. The maximum atomic E-state index is 11.1. The molecule has 1 rings (SSSR count). The first kappa shape index (κ1) is 14.5. The molecule has 1 aliphatic rings. The first-order valence-corrected chi connectivity index (χ1v) is 6.66. The monoisotopic (exact) mass is 242 g/mol. The number of carbonyl (C=O) groups is 1. The molecule has 17 heavy (non-hydrogen) atoms. The molecule has 1 fully saturated rings. The molecule has 1 saturated heterocycles. The number of nitrogens with zero attached hydrogens (tertiary/aromatic N) is 2. The van der Waals surface area contributed by atoms with E-state index in [0.29, 0.717) is 6.04 Å². The van der Waals surface area contributed by atoms with Crippen molar-refractivity contribution in [3.05, 3.63) is 0 Å².